The number of anilines is 3. The molecular formula is C57H43NO. The van der Waals surface area contributed by atoms with Crippen LogP contribution in [0, 0.1) is 0 Å². The largest absolute Gasteiger partial charge is 0.457 e. The van der Waals surface area contributed by atoms with Crippen LogP contribution >= 0.6 is 0 Å². The average Bonchev–Trinajstić information content (AvgIpc) is 3.33. The highest BCUT2D eigenvalue weighted by atomic mass is 16.5. The summed E-state index contributed by atoms with van der Waals surface area (Å²) in [6, 6.07) is 81.4. The van der Waals surface area contributed by atoms with Gasteiger partial charge in [0.05, 0.1) is 16.8 Å². The number of para-hydroxylation sites is 2. The Kier molecular flexibility index (Phi) is 9.24. The van der Waals surface area contributed by atoms with E-state index < -0.39 is 5.41 Å². The molecule has 0 unspecified atom stereocenters. The molecule has 0 atom stereocenters. The molecule has 0 bridgehead atoms. The lowest BCUT2D eigenvalue weighted by atomic mass is 9.60. The van der Waals surface area contributed by atoms with E-state index in [0.717, 1.165) is 39.7 Å². The van der Waals surface area contributed by atoms with Gasteiger partial charge in [0.25, 0.3) is 0 Å². The zero-order chi connectivity index (χ0) is 39.8. The summed E-state index contributed by atoms with van der Waals surface area (Å²) >= 11 is 0. The molecule has 0 saturated heterocycles. The third-order valence-corrected chi connectivity index (χ3v) is 11.7. The van der Waals surface area contributed by atoms with Crippen molar-refractivity contribution in [1.29, 1.82) is 0 Å². The summed E-state index contributed by atoms with van der Waals surface area (Å²) in [5.74, 6) is 1.74. The average molecular weight is 758 g/mol. The standard InChI is InChI=1S/C55H37NO.C2H6/c1-5-17-38(18-6-1)42-29-31-51-49(36-42)55(47-25-13-15-27-53(47)57-54-28-16-14-26-48(54)55)50-37-43(39-19-7-2-8-20-39)30-32-52(50)56(51)46-34-44(40-21-9-3-10-22-40)33-45(35-46)41-23-11-4-12-24-41;1-2/h1-37H;1-2H3. The van der Waals surface area contributed by atoms with E-state index in [9.17, 15) is 0 Å². The monoisotopic (exact) mass is 757 g/mol. The Balaban J connectivity index is 0.00000207. The second-order valence-electron chi connectivity index (χ2n) is 14.9. The summed E-state index contributed by atoms with van der Waals surface area (Å²) in [6.07, 6.45) is 0. The highest BCUT2D eigenvalue weighted by molar-refractivity contribution is 5.95. The van der Waals surface area contributed by atoms with Crippen LogP contribution in [0.2, 0.25) is 0 Å². The minimum absolute atomic E-state index is 0.707. The molecule has 0 amide bonds. The highest BCUT2D eigenvalue weighted by Gasteiger charge is 2.51. The number of fused-ring (bicyclic) bond motifs is 8. The zero-order valence-electron chi connectivity index (χ0n) is 33.2. The molecule has 282 valence electrons. The van der Waals surface area contributed by atoms with E-state index in [4.69, 9.17) is 4.74 Å². The summed E-state index contributed by atoms with van der Waals surface area (Å²) < 4.78 is 6.79. The van der Waals surface area contributed by atoms with E-state index in [2.05, 4.69) is 229 Å². The number of hydrogen-bond donors (Lipinski definition) is 0. The Bertz CT molecular complexity index is 2720. The van der Waals surface area contributed by atoms with Crippen molar-refractivity contribution in [2.75, 3.05) is 4.90 Å². The van der Waals surface area contributed by atoms with Crippen molar-refractivity contribution in [1.82, 2.24) is 0 Å². The maximum atomic E-state index is 6.79. The van der Waals surface area contributed by atoms with E-state index in [1.54, 1.807) is 0 Å². The normalized spacial score (nSPS) is 12.8. The van der Waals surface area contributed by atoms with Crippen LogP contribution in [0.15, 0.2) is 224 Å². The lowest BCUT2D eigenvalue weighted by Gasteiger charge is -2.49. The maximum absolute atomic E-state index is 6.79. The number of ether oxygens (including phenoxy) is 1. The lowest BCUT2D eigenvalue weighted by molar-refractivity contribution is 0.434. The molecule has 2 heteroatoms. The highest BCUT2D eigenvalue weighted by Crippen LogP contribution is 2.63. The summed E-state index contributed by atoms with van der Waals surface area (Å²) in [7, 11) is 0. The molecule has 2 aliphatic heterocycles. The maximum Gasteiger partial charge on any atom is 0.132 e. The van der Waals surface area contributed by atoms with Crippen LogP contribution in [0.5, 0.6) is 11.5 Å². The van der Waals surface area contributed by atoms with Crippen molar-refractivity contribution in [2.45, 2.75) is 19.3 Å². The van der Waals surface area contributed by atoms with Gasteiger partial charge in [-0.1, -0.05) is 184 Å². The van der Waals surface area contributed by atoms with Gasteiger partial charge in [-0.3, -0.25) is 0 Å². The molecule has 2 nitrogen and oxygen atoms in total. The van der Waals surface area contributed by atoms with Gasteiger partial charge >= 0.3 is 0 Å². The SMILES string of the molecule is CC.c1ccc(-c2cc(-c3ccccc3)cc(N3c4ccc(-c5ccccc5)cc4C4(c5ccccc5Oc5ccccc54)c4cc(-c5ccccc5)ccc43)c2)cc1. The van der Waals surface area contributed by atoms with Crippen molar-refractivity contribution in [2.24, 2.45) is 0 Å². The molecule has 2 aliphatic rings. The molecule has 0 fully saturated rings. The number of hydrogen-bond acceptors (Lipinski definition) is 2. The molecule has 0 aromatic heterocycles. The van der Waals surface area contributed by atoms with Crippen LogP contribution in [-0.2, 0) is 5.41 Å². The van der Waals surface area contributed by atoms with Crippen LogP contribution in [0.4, 0.5) is 17.1 Å². The third kappa shape index (κ3) is 6.04. The van der Waals surface area contributed by atoms with Crippen molar-refractivity contribution in [3.8, 4) is 56.0 Å². The van der Waals surface area contributed by atoms with E-state index >= 15 is 0 Å². The Labute approximate surface area is 347 Å². The zero-order valence-corrected chi connectivity index (χ0v) is 33.2. The molecule has 59 heavy (non-hydrogen) atoms. The summed E-state index contributed by atoms with van der Waals surface area (Å²) in [5.41, 5.74) is 16.7. The van der Waals surface area contributed by atoms with Gasteiger partial charge < -0.3 is 9.64 Å². The van der Waals surface area contributed by atoms with Gasteiger partial charge in [0.15, 0.2) is 0 Å². The molecule has 9 aromatic rings. The fourth-order valence-electron chi connectivity index (χ4n) is 9.15. The second-order valence-corrected chi connectivity index (χ2v) is 14.9. The molecule has 2 heterocycles. The van der Waals surface area contributed by atoms with Crippen LogP contribution < -0.4 is 9.64 Å². The van der Waals surface area contributed by atoms with Crippen LogP contribution in [0.3, 0.4) is 0 Å². The van der Waals surface area contributed by atoms with E-state index in [0.29, 0.717) is 0 Å². The molecule has 11 rings (SSSR count). The van der Waals surface area contributed by atoms with E-state index in [-0.39, 0.29) is 0 Å². The summed E-state index contributed by atoms with van der Waals surface area (Å²) in [6.45, 7) is 4.00. The Morgan fingerprint density at radius 3 is 1.07 bits per heavy atom. The first-order valence-electron chi connectivity index (χ1n) is 20.6. The van der Waals surface area contributed by atoms with Gasteiger partial charge in [-0.2, -0.15) is 0 Å². The number of rotatable bonds is 5. The topological polar surface area (TPSA) is 12.5 Å². The third-order valence-electron chi connectivity index (χ3n) is 11.7. The first-order valence-corrected chi connectivity index (χ1v) is 20.6. The second kappa shape index (κ2) is 15.2. The van der Waals surface area contributed by atoms with E-state index in [1.165, 1.54) is 55.6 Å². The minimum Gasteiger partial charge on any atom is -0.457 e. The van der Waals surface area contributed by atoms with Gasteiger partial charge in [-0.05, 0) is 110 Å². The van der Waals surface area contributed by atoms with Crippen LogP contribution in [0.1, 0.15) is 36.1 Å². The molecule has 0 aliphatic carbocycles. The van der Waals surface area contributed by atoms with Crippen molar-refractivity contribution >= 4 is 17.1 Å². The molecule has 0 radical (unpaired) electrons. The predicted molar refractivity (Wildman–Crippen MR) is 246 cm³/mol. The Morgan fingerprint density at radius 1 is 0.305 bits per heavy atom. The van der Waals surface area contributed by atoms with Crippen molar-refractivity contribution in [3.63, 3.8) is 0 Å². The van der Waals surface area contributed by atoms with Gasteiger partial charge in [-0.25, -0.2) is 0 Å². The Morgan fingerprint density at radius 2 is 0.661 bits per heavy atom. The molecule has 0 N–H and O–H groups in total. The smallest absolute Gasteiger partial charge is 0.132 e. The molecule has 0 saturated carbocycles. The summed E-state index contributed by atoms with van der Waals surface area (Å²) in [5, 5.41) is 0. The number of nitrogens with zero attached hydrogens (tertiary/aromatic N) is 1. The number of benzene rings is 9. The van der Waals surface area contributed by atoms with Gasteiger partial charge in [0.2, 0.25) is 0 Å². The van der Waals surface area contributed by atoms with Crippen molar-refractivity contribution < 1.29 is 4.74 Å². The quantitative estimate of drug-likeness (QED) is 0.173. The fourth-order valence-corrected chi connectivity index (χ4v) is 9.15. The van der Waals surface area contributed by atoms with Gasteiger partial charge in [0.1, 0.15) is 11.5 Å². The van der Waals surface area contributed by atoms with Crippen molar-refractivity contribution in [3.05, 3.63) is 247 Å². The van der Waals surface area contributed by atoms with Gasteiger partial charge in [0, 0.05) is 16.8 Å². The Hall–Kier alpha value is -7.42. The first kappa shape index (κ1) is 36.0. The van der Waals surface area contributed by atoms with Crippen LogP contribution in [-0.4, -0.2) is 0 Å². The fraction of sp³-hybridized carbons (Fsp3) is 0.0526. The van der Waals surface area contributed by atoms with Crippen LogP contribution in [0.25, 0.3) is 44.5 Å². The van der Waals surface area contributed by atoms with E-state index in [1.807, 2.05) is 13.8 Å². The van der Waals surface area contributed by atoms with Gasteiger partial charge in [-0.15, -0.1) is 0 Å². The molecular weight excluding hydrogens is 715 g/mol. The predicted octanol–water partition coefficient (Wildman–Crippen LogP) is 15.7. The molecule has 1 spiro atoms. The molecule has 9 aromatic carbocycles. The lowest BCUT2D eigenvalue weighted by Crippen LogP contribution is -2.39. The first-order chi connectivity index (χ1) is 29.3. The minimum atomic E-state index is -0.707. The summed E-state index contributed by atoms with van der Waals surface area (Å²) in [4.78, 5) is 2.50.